The highest BCUT2D eigenvalue weighted by Crippen LogP contribution is 2.16. The predicted molar refractivity (Wildman–Crippen MR) is 94.1 cm³/mol. The molecule has 0 fully saturated rings. The van der Waals surface area contributed by atoms with E-state index < -0.39 is 0 Å². The summed E-state index contributed by atoms with van der Waals surface area (Å²) in [6.45, 7) is 9.62. The van der Waals surface area contributed by atoms with Gasteiger partial charge in [0.25, 0.3) is 0 Å². The van der Waals surface area contributed by atoms with Gasteiger partial charge in [-0.05, 0) is 40.5 Å². The Morgan fingerprint density at radius 2 is 1.96 bits per heavy atom. The summed E-state index contributed by atoms with van der Waals surface area (Å²) in [4.78, 5) is 9.95. The van der Waals surface area contributed by atoms with Gasteiger partial charge in [-0.3, -0.25) is 4.99 Å². The summed E-state index contributed by atoms with van der Waals surface area (Å²) >= 11 is 1.72. The number of nitrogens with one attached hydrogen (secondary N) is 2. The highest BCUT2D eigenvalue weighted by atomic mass is 32.1. The highest BCUT2D eigenvalue weighted by Gasteiger charge is 2.09. The van der Waals surface area contributed by atoms with Crippen molar-refractivity contribution in [2.75, 3.05) is 13.6 Å². The topological polar surface area (TPSA) is 75.3 Å². The van der Waals surface area contributed by atoms with Crippen LogP contribution in [0.1, 0.15) is 39.0 Å². The Balaban J connectivity index is 1.74. The minimum absolute atomic E-state index is 0.751. The van der Waals surface area contributed by atoms with Crippen LogP contribution in [-0.2, 0) is 13.0 Å². The minimum Gasteiger partial charge on any atom is -0.361 e. The summed E-state index contributed by atoms with van der Waals surface area (Å²) < 4.78 is 5.18. The van der Waals surface area contributed by atoms with Crippen molar-refractivity contribution in [3.8, 4) is 0 Å². The van der Waals surface area contributed by atoms with Crippen LogP contribution >= 0.6 is 11.3 Å². The number of rotatable bonds is 6. The third kappa shape index (κ3) is 4.79. The molecule has 0 aliphatic carbocycles. The maximum absolute atomic E-state index is 5.18. The zero-order valence-corrected chi connectivity index (χ0v) is 15.3. The number of hydrogen-bond donors (Lipinski definition) is 2. The predicted octanol–water partition coefficient (Wildman–Crippen LogP) is 2.66. The number of guanidine groups is 1. The quantitative estimate of drug-likeness (QED) is 0.482. The van der Waals surface area contributed by atoms with E-state index in [2.05, 4.69) is 25.8 Å². The lowest BCUT2D eigenvalue weighted by atomic mass is 10.1. The van der Waals surface area contributed by atoms with Crippen molar-refractivity contribution >= 4 is 17.3 Å². The summed E-state index contributed by atoms with van der Waals surface area (Å²) in [6.07, 6.45) is 1.96. The summed E-state index contributed by atoms with van der Waals surface area (Å²) in [7, 11) is 1.79. The standard InChI is InChI=1S/C16H25N5OS/c1-10-14(12(3)22-21-10)7-6-8-18-16(17-5)19-9-15-11(2)20-13(4)23-15/h6-9H2,1-5H3,(H2,17,18,19). The number of nitrogens with zero attached hydrogens (tertiary/aromatic N) is 3. The number of hydrogen-bond acceptors (Lipinski definition) is 5. The van der Waals surface area contributed by atoms with Crippen molar-refractivity contribution in [2.24, 2.45) is 4.99 Å². The molecule has 0 unspecified atom stereocenters. The molecule has 23 heavy (non-hydrogen) atoms. The van der Waals surface area contributed by atoms with E-state index in [1.54, 1.807) is 18.4 Å². The summed E-state index contributed by atoms with van der Waals surface area (Å²) in [5.74, 6) is 1.73. The second-order valence-corrected chi connectivity index (χ2v) is 6.79. The van der Waals surface area contributed by atoms with Crippen LogP contribution < -0.4 is 10.6 Å². The fraction of sp³-hybridized carbons (Fsp3) is 0.562. The second-order valence-electron chi connectivity index (χ2n) is 5.50. The van der Waals surface area contributed by atoms with E-state index in [-0.39, 0.29) is 0 Å². The Bertz CT molecular complexity index is 655. The van der Waals surface area contributed by atoms with Crippen LogP contribution in [-0.4, -0.2) is 29.7 Å². The largest absolute Gasteiger partial charge is 0.361 e. The maximum atomic E-state index is 5.18. The molecule has 6 nitrogen and oxygen atoms in total. The number of thiazole rings is 1. The molecule has 2 heterocycles. The van der Waals surface area contributed by atoms with Gasteiger partial charge in [0.2, 0.25) is 0 Å². The first kappa shape index (κ1) is 17.5. The van der Waals surface area contributed by atoms with Gasteiger partial charge < -0.3 is 15.2 Å². The summed E-state index contributed by atoms with van der Waals surface area (Å²) in [5, 5.41) is 11.8. The fourth-order valence-electron chi connectivity index (χ4n) is 2.45. The van der Waals surface area contributed by atoms with Crippen LogP contribution in [0.15, 0.2) is 9.52 Å². The maximum Gasteiger partial charge on any atom is 0.191 e. The fourth-order valence-corrected chi connectivity index (χ4v) is 3.33. The highest BCUT2D eigenvalue weighted by molar-refractivity contribution is 7.11. The molecule has 0 atom stereocenters. The lowest BCUT2D eigenvalue weighted by molar-refractivity contribution is 0.392. The molecule has 0 saturated carbocycles. The van der Waals surface area contributed by atoms with E-state index in [9.17, 15) is 0 Å². The zero-order chi connectivity index (χ0) is 16.8. The molecule has 0 spiro atoms. The molecule has 0 aliphatic heterocycles. The lowest BCUT2D eigenvalue weighted by Crippen LogP contribution is -2.37. The van der Waals surface area contributed by atoms with Gasteiger partial charge in [0.05, 0.1) is 22.9 Å². The van der Waals surface area contributed by atoms with Crippen molar-refractivity contribution in [3.05, 3.63) is 32.6 Å². The molecule has 2 aromatic rings. The molecule has 0 aromatic carbocycles. The number of aliphatic imine (C=N–C) groups is 1. The third-order valence-electron chi connectivity index (χ3n) is 3.72. The van der Waals surface area contributed by atoms with E-state index in [1.165, 1.54) is 10.4 Å². The Kier molecular flexibility index (Phi) is 6.15. The van der Waals surface area contributed by atoms with Crippen molar-refractivity contribution in [2.45, 2.75) is 47.1 Å². The van der Waals surface area contributed by atoms with E-state index in [4.69, 9.17) is 4.52 Å². The SMILES string of the molecule is CN=C(NCCCc1c(C)noc1C)NCc1sc(C)nc1C. The molecule has 0 saturated heterocycles. The monoisotopic (exact) mass is 335 g/mol. The van der Waals surface area contributed by atoms with E-state index in [0.717, 1.165) is 54.0 Å². The minimum atomic E-state index is 0.751. The van der Waals surface area contributed by atoms with Gasteiger partial charge in [-0.1, -0.05) is 5.16 Å². The first-order valence-electron chi connectivity index (χ1n) is 7.80. The van der Waals surface area contributed by atoms with Crippen molar-refractivity contribution in [1.82, 2.24) is 20.8 Å². The van der Waals surface area contributed by atoms with Crippen LogP contribution in [0.4, 0.5) is 0 Å². The van der Waals surface area contributed by atoms with Gasteiger partial charge in [-0.25, -0.2) is 4.98 Å². The van der Waals surface area contributed by atoms with Crippen LogP contribution in [0.2, 0.25) is 0 Å². The smallest absolute Gasteiger partial charge is 0.191 e. The van der Waals surface area contributed by atoms with Gasteiger partial charge in [0.1, 0.15) is 5.76 Å². The van der Waals surface area contributed by atoms with Gasteiger partial charge in [-0.2, -0.15) is 0 Å². The number of aryl methyl sites for hydroxylation is 4. The molecular weight excluding hydrogens is 310 g/mol. The Morgan fingerprint density at radius 3 is 2.52 bits per heavy atom. The molecule has 126 valence electrons. The average molecular weight is 335 g/mol. The molecule has 2 N–H and O–H groups in total. The molecule has 0 amide bonds. The van der Waals surface area contributed by atoms with Crippen LogP contribution in [0.25, 0.3) is 0 Å². The number of aromatic nitrogens is 2. The van der Waals surface area contributed by atoms with Gasteiger partial charge in [0.15, 0.2) is 5.96 Å². The van der Waals surface area contributed by atoms with E-state index >= 15 is 0 Å². The van der Waals surface area contributed by atoms with Crippen LogP contribution in [0, 0.1) is 27.7 Å². The molecule has 0 radical (unpaired) electrons. The van der Waals surface area contributed by atoms with Gasteiger partial charge >= 0.3 is 0 Å². The van der Waals surface area contributed by atoms with Crippen LogP contribution in [0.5, 0.6) is 0 Å². The first-order chi connectivity index (χ1) is 11.0. The van der Waals surface area contributed by atoms with Gasteiger partial charge in [0, 0.05) is 24.0 Å². The Morgan fingerprint density at radius 1 is 1.17 bits per heavy atom. The van der Waals surface area contributed by atoms with Gasteiger partial charge in [-0.15, -0.1) is 11.3 Å². The normalized spacial score (nSPS) is 11.8. The third-order valence-corrected chi connectivity index (χ3v) is 4.79. The summed E-state index contributed by atoms with van der Waals surface area (Å²) in [6, 6.07) is 0. The average Bonchev–Trinajstić information content (AvgIpc) is 3.01. The van der Waals surface area contributed by atoms with Crippen LogP contribution in [0.3, 0.4) is 0 Å². The molecular formula is C16H25N5OS. The molecule has 7 heteroatoms. The second kappa shape index (κ2) is 8.10. The molecule has 0 aliphatic rings. The molecule has 2 rings (SSSR count). The Hall–Kier alpha value is -1.89. The van der Waals surface area contributed by atoms with Crippen molar-refractivity contribution in [1.29, 1.82) is 0 Å². The zero-order valence-electron chi connectivity index (χ0n) is 14.5. The lowest BCUT2D eigenvalue weighted by Gasteiger charge is -2.11. The Labute approximate surface area is 141 Å². The first-order valence-corrected chi connectivity index (χ1v) is 8.62. The van der Waals surface area contributed by atoms with E-state index in [0.29, 0.717) is 0 Å². The van der Waals surface area contributed by atoms with Crippen molar-refractivity contribution < 1.29 is 4.52 Å². The van der Waals surface area contributed by atoms with E-state index in [1.807, 2.05) is 27.7 Å². The molecule has 0 bridgehead atoms. The summed E-state index contributed by atoms with van der Waals surface area (Å²) in [5.41, 5.74) is 3.29. The van der Waals surface area contributed by atoms with Crippen molar-refractivity contribution in [3.63, 3.8) is 0 Å². The molecule has 2 aromatic heterocycles.